The van der Waals surface area contributed by atoms with Crippen LogP contribution >= 0.6 is 43.6 Å². The van der Waals surface area contributed by atoms with Gasteiger partial charge in [-0.25, -0.2) is 0 Å². The molecule has 11 heavy (non-hydrogen) atoms. The van der Waals surface area contributed by atoms with Gasteiger partial charge in [0, 0.05) is 10.7 Å². The summed E-state index contributed by atoms with van der Waals surface area (Å²) in [7, 11) is 0. The number of hydrogen-bond donors (Lipinski definition) is 0. The van der Waals surface area contributed by atoms with E-state index in [1.807, 2.05) is 0 Å². The van der Waals surface area contributed by atoms with Crippen molar-refractivity contribution in [2.24, 2.45) is 0 Å². The van der Waals surface area contributed by atoms with Gasteiger partial charge in [0.1, 0.15) is 0 Å². The molecule has 0 saturated heterocycles. The summed E-state index contributed by atoms with van der Waals surface area (Å²) in [4.78, 5) is 0. The molecule has 0 atom stereocenters. The molecule has 0 heterocycles. The van der Waals surface area contributed by atoms with Crippen LogP contribution in [-0.4, -0.2) is 22.2 Å². The van der Waals surface area contributed by atoms with E-state index in [2.05, 4.69) is 43.6 Å². The maximum atomic E-state index is 3.43. The molecule has 0 aromatic rings. The van der Waals surface area contributed by atoms with Crippen molar-refractivity contribution in [3.63, 3.8) is 0 Å². The SMILES string of the molecule is BrCCCCSCCCCBr. The van der Waals surface area contributed by atoms with Gasteiger partial charge in [0.15, 0.2) is 0 Å². The first-order chi connectivity index (χ1) is 5.41. The van der Waals surface area contributed by atoms with E-state index in [1.54, 1.807) is 0 Å². The molecule has 0 aromatic carbocycles. The maximum absolute atomic E-state index is 3.43. The molecule has 68 valence electrons. The van der Waals surface area contributed by atoms with E-state index < -0.39 is 0 Å². The van der Waals surface area contributed by atoms with Crippen molar-refractivity contribution in [2.75, 3.05) is 22.2 Å². The zero-order valence-electron chi connectivity index (χ0n) is 6.82. The van der Waals surface area contributed by atoms with Crippen molar-refractivity contribution in [3.8, 4) is 0 Å². The average Bonchev–Trinajstić information content (AvgIpc) is 2.03. The second-order valence-corrected chi connectivity index (χ2v) is 5.22. The van der Waals surface area contributed by atoms with Crippen molar-refractivity contribution < 1.29 is 0 Å². The molecule has 0 unspecified atom stereocenters. The molecule has 0 rings (SSSR count). The van der Waals surface area contributed by atoms with Gasteiger partial charge in [0.25, 0.3) is 0 Å². The summed E-state index contributed by atoms with van der Waals surface area (Å²) in [5.41, 5.74) is 0. The van der Waals surface area contributed by atoms with Gasteiger partial charge >= 0.3 is 0 Å². The van der Waals surface area contributed by atoms with Crippen molar-refractivity contribution in [2.45, 2.75) is 25.7 Å². The molecule has 0 aliphatic heterocycles. The first-order valence-electron chi connectivity index (χ1n) is 4.11. The molecule has 3 heteroatoms. The quantitative estimate of drug-likeness (QED) is 0.481. The summed E-state index contributed by atoms with van der Waals surface area (Å²) in [5.74, 6) is 2.68. The minimum Gasteiger partial charge on any atom is -0.162 e. The van der Waals surface area contributed by atoms with E-state index in [0.717, 1.165) is 10.7 Å². The van der Waals surface area contributed by atoms with Crippen LogP contribution in [0.5, 0.6) is 0 Å². The van der Waals surface area contributed by atoms with Gasteiger partial charge < -0.3 is 0 Å². The van der Waals surface area contributed by atoms with Crippen molar-refractivity contribution in [1.82, 2.24) is 0 Å². The standard InChI is InChI=1S/C8H16Br2S/c9-5-1-3-7-11-8-4-2-6-10/h1-8H2. The minimum atomic E-state index is 1.16. The van der Waals surface area contributed by atoms with Crippen LogP contribution < -0.4 is 0 Å². The van der Waals surface area contributed by atoms with Gasteiger partial charge in [-0.2, -0.15) is 11.8 Å². The van der Waals surface area contributed by atoms with E-state index in [-0.39, 0.29) is 0 Å². The van der Waals surface area contributed by atoms with E-state index in [4.69, 9.17) is 0 Å². The fourth-order valence-electron chi connectivity index (χ4n) is 0.699. The van der Waals surface area contributed by atoms with Crippen molar-refractivity contribution in [1.29, 1.82) is 0 Å². The lowest BCUT2D eigenvalue weighted by Crippen LogP contribution is -1.85. The molecular weight excluding hydrogens is 288 g/mol. The molecule has 0 aliphatic carbocycles. The Kier molecular flexibility index (Phi) is 12.7. The van der Waals surface area contributed by atoms with E-state index >= 15 is 0 Å². The molecule has 0 spiro atoms. The lowest BCUT2D eigenvalue weighted by Gasteiger charge is -1.98. The molecule has 0 amide bonds. The Balaban J connectivity index is 2.69. The van der Waals surface area contributed by atoms with E-state index in [9.17, 15) is 0 Å². The first kappa shape index (κ1) is 12.3. The van der Waals surface area contributed by atoms with Crippen molar-refractivity contribution in [3.05, 3.63) is 0 Å². The van der Waals surface area contributed by atoms with Gasteiger partial charge in [-0.3, -0.25) is 0 Å². The summed E-state index contributed by atoms with van der Waals surface area (Å²) in [6.45, 7) is 0. The fourth-order valence-corrected chi connectivity index (χ4v) is 2.51. The maximum Gasteiger partial charge on any atom is 0.00315 e. The summed E-state index contributed by atoms with van der Waals surface area (Å²) in [5, 5.41) is 2.32. The minimum absolute atomic E-state index is 1.16. The zero-order chi connectivity index (χ0) is 8.36. The fraction of sp³-hybridized carbons (Fsp3) is 1.00. The number of alkyl halides is 2. The van der Waals surface area contributed by atoms with Crippen LogP contribution in [0.25, 0.3) is 0 Å². The third-order valence-corrected chi connectivity index (χ3v) is 3.62. The topological polar surface area (TPSA) is 0 Å². The molecule has 0 nitrogen and oxygen atoms in total. The van der Waals surface area contributed by atoms with Crippen LogP contribution in [0.1, 0.15) is 25.7 Å². The molecular formula is C8H16Br2S. The second-order valence-electron chi connectivity index (χ2n) is 2.40. The molecule has 0 radical (unpaired) electrons. The average molecular weight is 304 g/mol. The third kappa shape index (κ3) is 11.3. The van der Waals surface area contributed by atoms with Crippen LogP contribution in [0.15, 0.2) is 0 Å². The highest BCUT2D eigenvalue weighted by Gasteiger charge is 1.89. The predicted molar refractivity (Wildman–Crippen MR) is 63.4 cm³/mol. The van der Waals surface area contributed by atoms with E-state index in [1.165, 1.54) is 37.2 Å². The van der Waals surface area contributed by atoms with Gasteiger partial charge in [-0.05, 0) is 37.2 Å². The second kappa shape index (κ2) is 11.3. The highest BCUT2D eigenvalue weighted by atomic mass is 79.9. The van der Waals surface area contributed by atoms with Gasteiger partial charge in [0.2, 0.25) is 0 Å². The smallest absolute Gasteiger partial charge is 0.00315 e. The predicted octanol–water partition coefficient (Wildman–Crippen LogP) is 4.07. The zero-order valence-corrected chi connectivity index (χ0v) is 10.8. The molecule has 0 N–H and O–H groups in total. The van der Waals surface area contributed by atoms with E-state index in [0.29, 0.717) is 0 Å². The number of thioether (sulfide) groups is 1. The molecule has 0 saturated carbocycles. The summed E-state index contributed by atoms with van der Waals surface area (Å²) in [6.07, 6.45) is 5.38. The number of halogens is 2. The lowest BCUT2D eigenvalue weighted by atomic mass is 10.4. The largest absolute Gasteiger partial charge is 0.162 e. The Morgan fingerprint density at radius 2 is 1.18 bits per heavy atom. The van der Waals surface area contributed by atoms with Crippen molar-refractivity contribution >= 4 is 43.6 Å². The number of unbranched alkanes of at least 4 members (excludes halogenated alkanes) is 2. The number of hydrogen-bond acceptors (Lipinski definition) is 1. The van der Waals surface area contributed by atoms with Gasteiger partial charge in [-0.15, -0.1) is 0 Å². The highest BCUT2D eigenvalue weighted by molar-refractivity contribution is 9.09. The molecule has 0 fully saturated rings. The van der Waals surface area contributed by atoms with Crippen LogP contribution in [0, 0.1) is 0 Å². The van der Waals surface area contributed by atoms with Crippen LogP contribution in [-0.2, 0) is 0 Å². The normalized spacial score (nSPS) is 10.4. The van der Waals surface area contributed by atoms with Crippen LogP contribution in [0.2, 0.25) is 0 Å². The Hall–Kier alpha value is 1.31. The summed E-state index contributed by atoms with van der Waals surface area (Å²) < 4.78 is 0. The van der Waals surface area contributed by atoms with Crippen LogP contribution in [0.3, 0.4) is 0 Å². The molecule has 0 aliphatic rings. The highest BCUT2D eigenvalue weighted by Crippen LogP contribution is 2.08. The van der Waals surface area contributed by atoms with Gasteiger partial charge in [-0.1, -0.05) is 31.9 Å². The summed E-state index contributed by atoms with van der Waals surface area (Å²) in [6, 6.07) is 0. The number of rotatable bonds is 8. The molecule has 0 aromatic heterocycles. The Morgan fingerprint density at radius 1 is 0.727 bits per heavy atom. The summed E-state index contributed by atoms with van der Waals surface area (Å²) >= 11 is 8.95. The van der Waals surface area contributed by atoms with Crippen LogP contribution in [0.4, 0.5) is 0 Å². The third-order valence-electron chi connectivity index (χ3n) is 1.34. The monoisotopic (exact) mass is 302 g/mol. The molecule has 0 bridgehead atoms. The Morgan fingerprint density at radius 3 is 1.55 bits per heavy atom. The Labute approximate surface area is 91.2 Å². The first-order valence-corrected chi connectivity index (χ1v) is 7.51. The van der Waals surface area contributed by atoms with Gasteiger partial charge in [0.05, 0.1) is 0 Å². The lowest BCUT2D eigenvalue weighted by molar-refractivity contribution is 0.895. The Bertz CT molecular complexity index is 61.1.